The van der Waals surface area contributed by atoms with Crippen LogP contribution >= 0.6 is 0 Å². The van der Waals surface area contributed by atoms with Crippen molar-refractivity contribution in [2.24, 2.45) is 0 Å². The second-order valence-electron chi connectivity index (χ2n) is 7.39. The highest BCUT2D eigenvalue weighted by Gasteiger charge is 2.20. The van der Waals surface area contributed by atoms with Crippen molar-refractivity contribution in [2.75, 3.05) is 27.2 Å². The van der Waals surface area contributed by atoms with Gasteiger partial charge in [0.1, 0.15) is 0 Å². The molecule has 1 heterocycles. The largest absolute Gasteiger partial charge is 0.340 e. The van der Waals surface area contributed by atoms with Crippen molar-refractivity contribution in [3.8, 4) is 11.3 Å². The van der Waals surface area contributed by atoms with Crippen LogP contribution in [0.2, 0.25) is 0 Å². The normalized spacial score (nSPS) is 14.8. The van der Waals surface area contributed by atoms with Gasteiger partial charge in [0.2, 0.25) is 0 Å². The number of aryl methyl sites for hydroxylation is 1. The molecule has 0 bridgehead atoms. The van der Waals surface area contributed by atoms with Gasteiger partial charge < -0.3 is 9.80 Å². The number of aromatic nitrogens is 1. The Balaban J connectivity index is 1.58. The first kappa shape index (κ1) is 18.6. The molecule has 1 amide bonds. The van der Waals surface area contributed by atoms with Crippen LogP contribution in [0.25, 0.3) is 11.3 Å². The molecule has 0 saturated heterocycles. The van der Waals surface area contributed by atoms with Gasteiger partial charge in [0.15, 0.2) is 0 Å². The first-order valence-electron chi connectivity index (χ1n) is 9.54. The maximum absolute atomic E-state index is 12.7. The molecule has 1 aliphatic carbocycles. The summed E-state index contributed by atoms with van der Waals surface area (Å²) >= 11 is 0. The molecule has 4 nitrogen and oxygen atoms in total. The van der Waals surface area contributed by atoms with Crippen molar-refractivity contribution in [1.29, 1.82) is 0 Å². The topological polar surface area (TPSA) is 36.4 Å². The van der Waals surface area contributed by atoms with Crippen LogP contribution in [0.5, 0.6) is 0 Å². The van der Waals surface area contributed by atoms with Gasteiger partial charge in [0.25, 0.3) is 5.91 Å². The lowest BCUT2D eigenvalue weighted by atomic mass is 10.1. The first-order valence-corrected chi connectivity index (χ1v) is 9.54. The van der Waals surface area contributed by atoms with E-state index in [1.165, 1.54) is 25.7 Å². The Kier molecular flexibility index (Phi) is 6.04. The van der Waals surface area contributed by atoms with E-state index in [0.717, 1.165) is 35.6 Å². The molecule has 0 unspecified atom stereocenters. The fourth-order valence-corrected chi connectivity index (χ4v) is 3.64. The average Bonchev–Trinajstić information content (AvgIpc) is 3.20. The second kappa shape index (κ2) is 8.45. The van der Waals surface area contributed by atoms with E-state index in [1.807, 2.05) is 61.3 Å². The Bertz CT molecular complexity index is 735. The van der Waals surface area contributed by atoms with Crippen LogP contribution in [0.3, 0.4) is 0 Å². The zero-order chi connectivity index (χ0) is 18.5. The summed E-state index contributed by atoms with van der Waals surface area (Å²) in [6.45, 7) is 3.67. The van der Waals surface area contributed by atoms with Crippen LogP contribution < -0.4 is 0 Å². The van der Waals surface area contributed by atoms with Crippen LogP contribution in [0.15, 0.2) is 42.5 Å². The Morgan fingerprint density at radius 3 is 2.38 bits per heavy atom. The number of carbonyl (C=O) groups is 1. The molecular weight excluding hydrogens is 322 g/mol. The highest BCUT2D eigenvalue weighted by atomic mass is 16.2. The lowest BCUT2D eigenvalue weighted by Gasteiger charge is -2.26. The lowest BCUT2D eigenvalue weighted by Crippen LogP contribution is -2.38. The average molecular weight is 351 g/mol. The SMILES string of the molecule is Cc1cccc(-c2ccc(C(=O)N(C)CCN(C)C3CCCC3)cc2)n1. The third-order valence-electron chi connectivity index (χ3n) is 5.40. The molecule has 2 aromatic rings. The molecule has 0 atom stereocenters. The van der Waals surface area contributed by atoms with Crippen LogP contribution in [0.1, 0.15) is 41.7 Å². The van der Waals surface area contributed by atoms with Gasteiger partial charge in [-0.1, -0.05) is 31.0 Å². The number of likely N-dealkylation sites (N-methyl/N-ethyl adjacent to an activating group) is 2. The van der Waals surface area contributed by atoms with Crippen molar-refractivity contribution in [1.82, 2.24) is 14.8 Å². The van der Waals surface area contributed by atoms with Gasteiger partial charge in [0.05, 0.1) is 5.69 Å². The third kappa shape index (κ3) is 4.50. The smallest absolute Gasteiger partial charge is 0.253 e. The Labute approximate surface area is 156 Å². The van der Waals surface area contributed by atoms with E-state index in [-0.39, 0.29) is 5.91 Å². The van der Waals surface area contributed by atoms with Crippen molar-refractivity contribution < 1.29 is 4.79 Å². The van der Waals surface area contributed by atoms with Crippen molar-refractivity contribution >= 4 is 5.91 Å². The summed E-state index contributed by atoms with van der Waals surface area (Å²) in [5.41, 5.74) is 3.70. The highest BCUT2D eigenvalue weighted by Crippen LogP contribution is 2.22. The van der Waals surface area contributed by atoms with E-state index in [2.05, 4.69) is 16.9 Å². The molecule has 3 rings (SSSR count). The fraction of sp³-hybridized carbons (Fsp3) is 0.455. The number of rotatable bonds is 6. The standard InChI is InChI=1S/C22H29N3O/c1-17-7-6-10-21(23-17)18-11-13-19(14-12-18)22(26)25(3)16-15-24(2)20-8-4-5-9-20/h6-7,10-14,20H,4-5,8-9,15-16H2,1-3H3. The monoisotopic (exact) mass is 351 g/mol. The van der Waals surface area contributed by atoms with Crippen molar-refractivity contribution in [2.45, 2.75) is 38.6 Å². The predicted octanol–water partition coefficient (Wildman–Crippen LogP) is 4.00. The van der Waals surface area contributed by atoms with Crippen LogP contribution in [0, 0.1) is 6.92 Å². The Hall–Kier alpha value is -2.20. The van der Waals surface area contributed by atoms with Gasteiger partial charge >= 0.3 is 0 Å². The van der Waals surface area contributed by atoms with Gasteiger partial charge in [-0.25, -0.2) is 0 Å². The molecule has 0 spiro atoms. The van der Waals surface area contributed by atoms with Crippen LogP contribution in [-0.4, -0.2) is 53.9 Å². The van der Waals surface area contributed by atoms with Gasteiger partial charge in [-0.15, -0.1) is 0 Å². The van der Waals surface area contributed by atoms with Crippen LogP contribution in [0.4, 0.5) is 0 Å². The van der Waals surface area contributed by atoms with Gasteiger partial charge in [-0.05, 0) is 51.1 Å². The number of benzene rings is 1. The number of pyridine rings is 1. The quantitative estimate of drug-likeness (QED) is 0.789. The van der Waals surface area contributed by atoms with Crippen molar-refractivity contribution in [3.63, 3.8) is 0 Å². The minimum atomic E-state index is 0.0774. The molecular formula is C22H29N3O. The first-order chi connectivity index (χ1) is 12.5. The third-order valence-corrected chi connectivity index (χ3v) is 5.40. The molecule has 0 aliphatic heterocycles. The Morgan fingerprint density at radius 1 is 1.04 bits per heavy atom. The minimum Gasteiger partial charge on any atom is -0.340 e. The zero-order valence-electron chi connectivity index (χ0n) is 16.1. The molecule has 138 valence electrons. The second-order valence-corrected chi connectivity index (χ2v) is 7.39. The van der Waals surface area contributed by atoms with E-state index in [9.17, 15) is 4.79 Å². The van der Waals surface area contributed by atoms with Crippen LogP contribution in [-0.2, 0) is 0 Å². The molecule has 1 saturated carbocycles. The number of nitrogens with zero attached hydrogens (tertiary/aromatic N) is 3. The van der Waals surface area contributed by atoms with Gasteiger partial charge in [-0.3, -0.25) is 9.78 Å². The molecule has 26 heavy (non-hydrogen) atoms. The molecule has 1 aliphatic rings. The number of amides is 1. The fourth-order valence-electron chi connectivity index (χ4n) is 3.64. The summed E-state index contributed by atoms with van der Waals surface area (Å²) in [4.78, 5) is 21.4. The molecule has 1 fully saturated rings. The number of carbonyl (C=O) groups excluding carboxylic acids is 1. The summed E-state index contributed by atoms with van der Waals surface area (Å²) in [6, 6.07) is 14.4. The zero-order valence-corrected chi connectivity index (χ0v) is 16.1. The number of hydrogen-bond acceptors (Lipinski definition) is 3. The van der Waals surface area contributed by atoms with E-state index >= 15 is 0 Å². The van der Waals surface area contributed by atoms with E-state index in [4.69, 9.17) is 0 Å². The molecule has 0 N–H and O–H groups in total. The van der Waals surface area contributed by atoms with Gasteiger partial charge in [-0.2, -0.15) is 0 Å². The molecule has 0 radical (unpaired) electrons. The summed E-state index contributed by atoms with van der Waals surface area (Å²) in [5, 5.41) is 0. The minimum absolute atomic E-state index is 0.0774. The van der Waals surface area contributed by atoms with E-state index in [0.29, 0.717) is 6.04 Å². The summed E-state index contributed by atoms with van der Waals surface area (Å²) in [6.07, 6.45) is 5.27. The summed E-state index contributed by atoms with van der Waals surface area (Å²) < 4.78 is 0. The maximum atomic E-state index is 12.7. The molecule has 1 aromatic carbocycles. The summed E-state index contributed by atoms with van der Waals surface area (Å²) in [7, 11) is 4.07. The Morgan fingerprint density at radius 2 is 1.73 bits per heavy atom. The summed E-state index contributed by atoms with van der Waals surface area (Å²) in [5.74, 6) is 0.0774. The molecule has 1 aromatic heterocycles. The van der Waals surface area contributed by atoms with E-state index in [1.54, 1.807) is 0 Å². The predicted molar refractivity (Wildman–Crippen MR) is 106 cm³/mol. The van der Waals surface area contributed by atoms with Gasteiger partial charge in [0, 0.05) is 43.0 Å². The van der Waals surface area contributed by atoms with E-state index < -0.39 is 0 Å². The number of hydrogen-bond donors (Lipinski definition) is 0. The molecule has 4 heteroatoms. The van der Waals surface area contributed by atoms with Crippen molar-refractivity contribution in [3.05, 3.63) is 53.7 Å². The highest BCUT2D eigenvalue weighted by molar-refractivity contribution is 5.94. The lowest BCUT2D eigenvalue weighted by molar-refractivity contribution is 0.0774. The maximum Gasteiger partial charge on any atom is 0.253 e.